The summed E-state index contributed by atoms with van der Waals surface area (Å²) in [6.45, 7) is 0. The van der Waals surface area contributed by atoms with Crippen LogP contribution >= 0.6 is 0 Å². The highest BCUT2D eigenvalue weighted by molar-refractivity contribution is 5.74. The van der Waals surface area contributed by atoms with Crippen LogP contribution in [0.3, 0.4) is 0 Å². The van der Waals surface area contributed by atoms with Gasteiger partial charge in [0.15, 0.2) is 0 Å². The van der Waals surface area contributed by atoms with E-state index in [0.717, 1.165) is 5.56 Å². The van der Waals surface area contributed by atoms with Crippen LogP contribution in [-0.4, -0.2) is 13.1 Å². The van der Waals surface area contributed by atoms with Crippen molar-refractivity contribution in [3.63, 3.8) is 0 Å². The predicted molar refractivity (Wildman–Crippen MR) is 70.9 cm³/mol. The first-order valence-electron chi connectivity index (χ1n) is 6.09. The molecule has 3 nitrogen and oxygen atoms in total. The summed E-state index contributed by atoms with van der Waals surface area (Å²) < 4.78 is 5.12. The summed E-state index contributed by atoms with van der Waals surface area (Å²) >= 11 is 0. The smallest absolute Gasteiger partial charge is 0.119 e. The van der Waals surface area contributed by atoms with Crippen molar-refractivity contribution in [2.45, 2.75) is 12.3 Å². The number of aliphatic carboxylic acids is 1. The Bertz CT molecular complexity index is 549. The molecule has 0 aliphatic rings. The molecule has 1 unspecified atom stereocenters. The third kappa shape index (κ3) is 3.35. The van der Waals surface area contributed by atoms with E-state index in [1.54, 1.807) is 31.4 Å². The minimum atomic E-state index is -1.07. The van der Waals surface area contributed by atoms with Crippen LogP contribution in [0, 0.1) is 0 Å². The van der Waals surface area contributed by atoms with Crippen LogP contribution in [0.15, 0.2) is 54.6 Å². The third-order valence-electron chi connectivity index (χ3n) is 3.06. The fourth-order valence-electron chi connectivity index (χ4n) is 2.05. The van der Waals surface area contributed by atoms with E-state index < -0.39 is 11.9 Å². The number of carbonyl (C=O) groups is 1. The number of hydrogen-bond donors (Lipinski definition) is 0. The van der Waals surface area contributed by atoms with Gasteiger partial charge in [-0.25, -0.2) is 0 Å². The van der Waals surface area contributed by atoms with Gasteiger partial charge in [-0.2, -0.15) is 0 Å². The molecule has 0 radical (unpaired) electrons. The second kappa shape index (κ2) is 6.05. The predicted octanol–water partition coefficient (Wildman–Crippen LogP) is 1.77. The largest absolute Gasteiger partial charge is 0.549 e. The molecule has 3 heteroatoms. The maximum Gasteiger partial charge on any atom is 0.119 e. The fourth-order valence-corrected chi connectivity index (χ4v) is 2.05. The van der Waals surface area contributed by atoms with Crippen molar-refractivity contribution in [3.8, 4) is 5.75 Å². The van der Waals surface area contributed by atoms with Gasteiger partial charge in [0.2, 0.25) is 0 Å². The Kier molecular flexibility index (Phi) is 4.18. The van der Waals surface area contributed by atoms with Gasteiger partial charge in [-0.15, -0.1) is 0 Å². The average molecular weight is 255 g/mol. The van der Waals surface area contributed by atoms with E-state index in [9.17, 15) is 9.90 Å². The third-order valence-corrected chi connectivity index (χ3v) is 3.06. The van der Waals surface area contributed by atoms with Gasteiger partial charge in [0.05, 0.1) is 7.11 Å². The number of carboxylic acids is 1. The van der Waals surface area contributed by atoms with Crippen molar-refractivity contribution in [3.05, 3.63) is 65.7 Å². The van der Waals surface area contributed by atoms with Crippen molar-refractivity contribution >= 4 is 5.97 Å². The topological polar surface area (TPSA) is 49.4 Å². The van der Waals surface area contributed by atoms with Gasteiger partial charge in [0.25, 0.3) is 0 Å². The average Bonchev–Trinajstić information content (AvgIpc) is 2.45. The van der Waals surface area contributed by atoms with E-state index in [4.69, 9.17) is 4.74 Å². The Morgan fingerprint density at radius 2 is 1.89 bits per heavy atom. The molecule has 0 bridgehead atoms. The molecule has 2 aromatic rings. The summed E-state index contributed by atoms with van der Waals surface area (Å²) in [6.07, 6.45) is 0.413. The number of carbonyl (C=O) groups excluding carboxylic acids is 1. The van der Waals surface area contributed by atoms with Crippen LogP contribution < -0.4 is 9.84 Å². The zero-order valence-electron chi connectivity index (χ0n) is 10.7. The first-order valence-corrected chi connectivity index (χ1v) is 6.09. The Morgan fingerprint density at radius 3 is 2.53 bits per heavy atom. The highest BCUT2D eigenvalue weighted by atomic mass is 16.5. The second-order valence-corrected chi connectivity index (χ2v) is 4.34. The highest BCUT2D eigenvalue weighted by Crippen LogP contribution is 2.24. The van der Waals surface area contributed by atoms with Gasteiger partial charge in [0.1, 0.15) is 5.75 Å². The molecule has 0 aromatic heterocycles. The molecule has 1 atom stereocenters. The molecule has 0 spiro atoms. The molecule has 98 valence electrons. The van der Waals surface area contributed by atoms with Crippen molar-refractivity contribution in [1.29, 1.82) is 0 Å². The van der Waals surface area contributed by atoms with Gasteiger partial charge >= 0.3 is 0 Å². The zero-order valence-corrected chi connectivity index (χ0v) is 10.7. The Balaban J connectivity index is 2.27. The summed E-state index contributed by atoms with van der Waals surface area (Å²) in [5.41, 5.74) is 1.67. The SMILES string of the molecule is COc1cccc(C(Cc2ccccc2)C(=O)[O-])c1. The molecule has 0 aliphatic heterocycles. The lowest BCUT2D eigenvalue weighted by molar-refractivity contribution is -0.308. The monoisotopic (exact) mass is 255 g/mol. The molecule has 0 saturated carbocycles. The number of methoxy groups -OCH3 is 1. The number of benzene rings is 2. The molecule has 19 heavy (non-hydrogen) atoms. The second-order valence-electron chi connectivity index (χ2n) is 4.34. The summed E-state index contributed by atoms with van der Waals surface area (Å²) in [5.74, 6) is -1.09. The summed E-state index contributed by atoms with van der Waals surface area (Å²) in [6, 6.07) is 16.6. The van der Waals surface area contributed by atoms with Crippen LogP contribution in [0.25, 0.3) is 0 Å². The van der Waals surface area contributed by atoms with Crippen LogP contribution in [0.1, 0.15) is 17.0 Å². The van der Waals surface area contributed by atoms with E-state index in [1.165, 1.54) is 0 Å². The van der Waals surface area contributed by atoms with E-state index in [-0.39, 0.29) is 0 Å². The number of hydrogen-bond acceptors (Lipinski definition) is 3. The lowest BCUT2D eigenvalue weighted by atomic mass is 9.92. The summed E-state index contributed by atoms with van der Waals surface area (Å²) in [4.78, 5) is 11.4. The molecule has 2 aromatic carbocycles. The molecular weight excluding hydrogens is 240 g/mol. The number of carboxylic acid groups (broad SMARTS) is 1. The van der Waals surface area contributed by atoms with Gasteiger partial charge in [-0.1, -0.05) is 42.5 Å². The first-order chi connectivity index (χ1) is 9.20. The fraction of sp³-hybridized carbons (Fsp3) is 0.188. The normalized spacial score (nSPS) is 11.8. The van der Waals surface area contributed by atoms with Crippen LogP contribution in [-0.2, 0) is 11.2 Å². The van der Waals surface area contributed by atoms with E-state index >= 15 is 0 Å². The van der Waals surface area contributed by atoms with Gasteiger partial charge in [-0.3, -0.25) is 0 Å². The molecule has 0 heterocycles. The maximum absolute atomic E-state index is 11.4. The highest BCUT2D eigenvalue weighted by Gasteiger charge is 2.14. The summed E-state index contributed by atoms with van der Waals surface area (Å²) in [7, 11) is 1.56. The molecule has 0 amide bonds. The minimum Gasteiger partial charge on any atom is -0.549 e. The van der Waals surface area contributed by atoms with Gasteiger partial charge in [-0.05, 0) is 29.7 Å². The Labute approximate surface area is 112 Å². The molecule has 0 saturated heterocycles. The van der Waals surface area contributed by atoms with E-state index in [1.807, 2.05) is 30.3 Å². The first kappa shape index (κ1) is 13.1. The van der Waals surface area contributed by atoms with Gasteiger partial charge < -0.3 is 14.6 Å². The number of rotatable bonds is 5. The molecule has 0 fully saturated rings. The van der Waals surface area contributed by atoms with Crippen molar-refractivity contribution in [2.24, 2.45) is 0 Å². The van der Waals surface area contributed by atoms with Crippen molar-refractivity contribution in [2.75, 3.05) is 7.11 Å². The molecular formula is C16H15O3-. The number of ether oxygens (including phenoxy) is 1. The maximum atomic E-state index is 11.4. The summed E-state index contributed by atoms with van der Waals surface area (Å²) in [5, 5.41) is 11.4. The van der Waals surface area contributed by atoms with Gasteiger partial charge in [0, 0.05) is 11.9 Å². The van der Waals surface area contributed by atoms with E-state index in [0.29, 0.717) is 17.7 Å². The van der Waals surface area contributed by atoms with Crippen molar-refractivity contribution in [1.82, 2.24) is 0 Å². The van der Waals surface area contributed by atoms with Crippen LogP contribution in [0.2, 0.25) is 0 Å². The molecule has 0 N–H and O–H groups in total. The zero-order chi connectivity index (χ0) is 13.7. The lowest BCUT2D eigenvalue weighted by Gasteiger charge is -2.19. The standard InChI is InChI=1S/C16H16O3/c1-19-14-9-5-8-13(11-14)15(16(17)18)10-12-6-3-2-4-7-12/h2-9,11,15H,10H2,1H3,(H,17,18)/p-1. The quantitative estimate of drug-likeness (QED) is 0.818. The van der Waals surface area contributed by atoms with E-state index in [2.05, 4.69) is 0 Å². The Morgan fingerprint density at radius 1 is 1.16 bits per heavy atom. The Hall–Kier alpha value is -2.29. The molecule has 2 rings (SSSR count). The van der Waals surface area contributed by atoms with Crippen molar-refractivity contribution < 1.29 is 14.6 Å². The molecule has 0 aliphatic carbocycles. The van der Waals surface area contributed by atoms with Crippen LogP contribution in [0.4, 0.5) is 0 Å². The minimum absolute atomic E-state index is 0.413. The van der Waals surface area contributed by atoms with Crippen LogP contribution in [0.5, 0.6) is 5.75 Å². The lowest BCUT2D eigenvalue weighted by Crippen LogP contribution is -2.31.